The van der Waals surface area contributed by atoms with E-state index in [2.05, 4.69) is 4.99 Å². The lowest BCUT2D eigenvalue weighted by Gasteiger charge is -2.20. The third-order valence-electron chi connectivity index (χ3n) is 3.59. The number of carbonyl (C=O) groups is 1. The van der Waals surface area contributed by atoms with Crippen LogP contribution in [0.2, 0.25) is 5.02 Å². The van der Waals surface area contributed by atoms with Gasteiger partial charge < -0.3 is 16.2 Å². The number of hydrogen-bond acceptors (Lipinski definition) is 2. The molecule has 0 saturated carbocycles. The zero-order valence-electron chi connectivity index (χ0n) is 12.7. The number of guanidine groups is 1. The first-order valence-corrected chi connectivity index (χ1v) is 7.51. The summed E-state index contributed by atoms with van der Waals surface area (Å²) in [5, 5.41) is -0.210. The van der Waals surface area contributed by atoms with E-state index >= 15 is 0 Å². The molecule has 0 fully saturated rings. The number of aliphatic imine (C=N–C) groups is 1. The van der Waals surface area contributed by atoms with Crippen molar-refractivity contribution >= 4 is 29.0 Å². The van der Waals surface area contributed by atoms with Crippen LogP contribution in [0.3, 0.4) is 0 Å². The Kier molecular flexibility index (Phi) is 4.41. The van der Waals surface area contributed by atoms with Crippen molar-refractivity contribution in [2.75, 3.05) is 6.61 Å². The number of rotatable bonds is 2. The van der Waals surface area contributed by atoms with Crippen LogP contribution in [0.1, 0.15) is 21.5 Å². The molecule has 0 bridgehead atoms. The van der Waals surface area contributed by atoms with Gasteiger partial charge >= 0.3 is 0 Å². The number of carbonyl (C=O) groups excluding carboxylic acids is 1. The Labute approximate surface area is 146 Å². The Morgan fingerprint density at radius 1 is 1.20 bits per heavy atom. The molecule has 5 nitrogen and oxygen atoms in total. The van der Waals surface area contributed by atoms with E-state index in [1.807, 2.05) is 0 Å². The van der Waals surface area contributed by atoms with E-state index in [-0.39, 0.29) is 34.3 Å². The molecular formula is C17H12ClF2N3O2. The Morgan fingerprint density at radius 3 is 2.68 bits per heavy atom. The van der Waals surface area contributed by atoms with Gasteiger partial charge in [-0.25, -0.2) is 8.78 Å². The summed E-state index contributed by atoms with van der Waals surface area (Å²) in [6.07, 6.45) is 1.51. The fraction of sp³-hybridized carbons (Fsp3) is 0.0588. The Bertz CT molecular complexity index is 938. The topological polar surface area (TPSA) is 90.7 Å². The Balaban J connectivity index is 2.16. The third kappa shape index (κ3) is 3.18. The van der Waals surface area contributed by atoms with Crippen molar-refractivity contribution in [2.45, 2.75) is 0 Å². The van der Waals surface area contributed by atoms with E-state index in [0.29, 0.717) is 11.3 Å². The normalized spacial score (nSPS) is 12.7. The zero-order chi connectivity index (χ0) is 18.1. The van der Waals surface area contributed by atoms with Crippen LogP contribution in [0, 0.1) is 11.6 Å². The lowest BCUT2D eigenvalue weighted by atomic mass is 9.93. The van der Waals surface area contributed by atoms with E-state index in [0.717, 1.165) is 12.1 Å². The minimum absolute atomic E-state index is 0.120. The van der Waals surface area contributed by atoms with Crippen molar-refractivity contribution in [1.82, 2.24) is 0 Å². The highest BCUT2D eigenvalue weighted by Gasteiger charge is 2.24. The van der Waals surface area contributed by atoms with E-state index in [1.54, 1.807) is 0 Å². The van der Waals surface area contributed by atoms with Crippen LogP contribution in [0.5, 0.6) is 5.75 Å². The van der Waals surface area contributed by atoms with Crippen LogP contribution in [-0.4, -0.2) is 18.5 Å². The van der Waals surface area contributed by atoms with Gasteiger partial charge in [-0.1, -0.05) is 11.6 Å². The van der Waals surface area contributed by atoms with Gasteiger partial charge in [-0.05, 0) is 42.0 Å². The van der Waals surface area contributed by atoms with Crippen molar-refractivity contribution in [3.8, 4) is 5.75 Å². The molecule has 4 N–H and O–H groups in total. The van der Waals surface area contributed by atoms with Gasteiger partial charge in [0, 0.05) is 11.1 Å². The van der Waals surface area contributed by atoms with Crippen molar-refractivity contribution in [3.05, 3.63) is 69.8 Å². The summed E-state index contributed by atoms with van der Waals surface area (Å²) in [6.45, 7) is 0.120. The molecule has 2 aromatic carbocycles. The minimum Gasteiger partial charge on any atom is -0.489 e. The van der Waals surface area contributed by atoms with Crippen molar-refractivity contribution in [1.29, 1.82) is 0 Å². The average molecular weight is 364 g/mol. The molecule has 1 amide bonds. The maximum Gasteiger partial charge on any atom is 0.280 e. The van der Waals surface area contributed by atoms with Crippen molar-refractivity contribution in [2.24, 2.45) is 16.5 Å². The summed E-state index contributed by atoms with van der Waals surface area (Å²) in [5.41, 5.74) is 10.8. The molecule has 1 aliphatic heterocycles. The van der Waals surface area contributed by atoms with Crippen LogP contribution >= 0.6 is 11.6 Å². The second-order valence-corrected chi connectivity index (χ2v) is 5.61. The molecule has 1 aliphatic rings. The van der Waals surface area contributed by atoms with Crippen LogP contribution in [0.15, 0.2) is 41.4 Å². The predicted molar refractivity (Wildman–Crippen MR) is 90.5 cm³/mol. The zero-order valence-corrected chi connectivity index (χ0v) is 13.5. The number of amides is 1. The largest absolute Gasteiger partial charge is 0.489 e. The lowest BCUT2D eigenvalue weighted by Crippen LogP contribution is -2.24. The molecule has 1 heterocycles. The highest BCUT2D eigenvalue weighted by molar-refractivity contribution is 6.31. The molecule has 0 saturated heterocycles. The van der Waals surface area contributed by atoms with E-state index < -0.39 is 17.5 Å². The summed E-state index contributed by atoms with van der Waals surface area (Å²) in [4.78, 5) is 15.4. The van der Waals surface area contributed by atoms with Crippen LogP contribution < -0.4 is 16.2 Å². The Morgan fingerprint density at radius 2 is 1.96 bits per heavy atom. The molecular weight excluding hydrogens is 352 g/mol. The van der Waals surface area contributed by atoms with Gasteiger partial charge in [-0.15, -0.1) is 0 Å². The molecule has 8 heteroatoms. The van der Waals surface area contributed by atoms with Gasteiger partial charge in [0.15, 0.2) is 11.8 Å². The van der Waals surface area contributed by atoms with Crippen molar-refractivity contribution < 1.29 is 18.3 Å². The van der Waals surface area contributed by atoms with Gasteiger partial charge in [0.1, 0.15) is 18.2 Å². The van der Waals surface area contributed by atoms with Gasteiger partial charge in [0.05, 0.1) is 10.6 Å². The molecule has 3 rings (SSSR count). The number of nitrogens with two attached hydrogens (primary N) is 2. The number of ether oxygens (including phenoxy) is 1. The molecule has 25 heavy (non-hydrogen) atoms. The summed E-state index contributed by atoms with van der Waals surface area (Å²) in [7, 11) is 0. The third-order valence-corrected chi connectivity index (χ3v) is 3.88. The second kappa shape index (κ2) is 6.52. The van der Waals surface area contributed by atoms with Crippen LogP contribution in [-0.2, 0) is 0 Å². The molecule has 0 unspecified atom stereocenters. The summed E-state index contributed by atoms with van der Waals surface area (Å²) >= 11 is 5.77. The smallest absolute Gasteiger partial charge is 0.280 e. The molecule has 2 aromatic rings. The first-order chi connectivity index (χ1) is 11.9. The number of hydrogen-bond donors (Lipinski definition) is 2. The number of nitrogens with zero attached hydrogens (tertiary/aromatic N) is 1. The monoisotopic (exact) mass is 363 g/mol. The predicted octanol–water partition coefficient (Wildman–Crippen LogP) is 2.86. The summed E-state index contributed by atoms with van der Waals surface area (Å²) in [5.74, 6) is -2.36. The quantitative estimate of drug-likeness (QED) is 0.487. The second-order valence-electron chi connectivity index (χ2n) is 5.20. The van der Waals surface area contributed by atoms with Gasteiger partial charge in [0.2, 0.25) is 0 Å². The SMILES string of the molecule is NC(N)=NC(=O)c1ccc2c(c1)C(c1c(F)ccc(Cl)c1F)=CCO2. The Hall–Kier alpha value is -2.93. The fourth-order valence-corrected chi connectivity index (χ4v) is 2.67. The first kappa shape index (κ1) is 16.9. The molecule has 0 aromatic heterocycles. The average Bonchev–Trinajstić information content (AvgIpc) is 2.57. The molecule has 0 aliphatic carbocycles. The number of fused-ring (bicyclic) bond motifs is 1. The van der Waals surface area contributed by atoms with E-state index in [1.165, 1.54) is 24.3 Å². The first-order valence-electron chi connectivity index (χ1n) is 7.13. The summed E-state index contributed by atoms with van der Waals surface area (Å²) in [6, 6.07) is 6.59. The minimum atomic E-state index is -0.887. The van der Waals surface area contributed by atoms with E-state index in [9.17, 15) is 13.6 Å². The standard InChI is InChI=1S/C17H12ClF2N3O2/c18-11-2-3-12(19)14(15(11)20)9-5-6-25-13-4-1-8(7-10(9)13)16(24)23-17(21)22/h1-5,7H,6H2,(H4,21,22,23,24). The van der Waals surface area contributed by atoms with Crippen molar-refractivity contribution in [3.63, 3.8) is 0 Å². The summed E-state index contributed by atoms with van der Waals surface area (Å²) < 4.78 is 34.1. The highest BCUT2D eigenvalue weighted by Crippen LogP contribution is 2.38. The molecule has 128 valence electrons. The highest BCUT2D eigenvalue weighted by atomic mass is 35.5. The van der Waals surface area contributed by atoms with Gasteiger partial charge in [-0.2, -0.15) is 4.99 Å². The number of halogens is 3. The maximum atomic E-state index is 14.4. The lowest BCUT2D eigenvalue weighted by molar-refractivity contribution is 0.100. The molecule has 0 atom stereocenters. The van der Waals surface area contributed by atoms with Gasteiger partial charge in [-0.3, -0.25) is 4.79 Å². The fourth-order valence-electron chi connectivity index (χ4n) is 2.52. The number of benzene rings is 2. The van der Waals surface area contributed by atoms with Gasteiger partial charge in [0.25, 0.3) is 5.91 Å². The molecule has 0 radical (unpaired) electrons. The maximum absolute atomic E-state index is 14.4. The van der Waals surface area contributed by atoms with E-state index in [4.69, 9.17) is 27.8 Å². The van der Waals surface area contributed by atoms with Crippen LogP contribution in [0.25, 0.3) is 5.57 Å². The molecule has 0 spiro atoms. The van der Waals surface area contributed by atoms with Crippen LogP contribution in [0.4, 0.5) is 8.78 Å².